The smallest absolute Gasteiger partial charge is 0.322 e. The van der Waals surface area contributed by atoms with Crippen LogP contribution in [-0.4, -0.2) is 66.7 Å². The average molecular weight is 270 g/mol. The van der Waals surface area contributed by atoms with E-state index in [1.165, 1.54) is 11.0 Å². The first-order valence-electron chi connectivity index (χ1n) is 5.90. The number of aliphatic carboxylic acids is 1. The highest BCUT2D eigenvalue weighted by Gasteiger charge is 2.29. The fourth-order valence-corrected chi connectivity index (χ4v) is 1.74. The first-order valence-corrected chi connectivity index (χ1v) is 5.90. The summed E-state index contributed by atoms with van der Waals surface area (Å²) in [5.41, 5.74) is 0. The van der Waals surface area contributed by atoms with Crippen molar-refractivity contribution in [2.75, 3.05) is 32.7 Å². The number of piperazine rings is 1. The van der Waals surface area contributed by atoms with Crippen LogP contribution in [-0.2, 0) is 9.59 Å². The van der Waals surface area contributed by atoms with Gasteiger partial charge in [-0.1, -0.05) is 6.08 Å². The molecule has 1 heterocycles. The molecule has 0 aromatic carbocycles. The molecule has 1 fully saturated rings. The summed E-state index contributed by atoms with van der Waals surface area (Å²) in [7, 11) is 0. The van der Waals surface area contributed by atoms with Crippen LogP contribution in [0, 0.1) is 0 Å². The van der Waals surface area contributed by atoms with Gasteiger partial charge < -0.3 is 15.7 Å². The summed E-state index contributed by atoms with van der Waals surface area (Å²) < 4.78 is 0. The first kappa shape index (κ1) is 15.1. The molecule has 0 radical (unpaired) electrons. The van der Waals surface area contributed by atoms with E-state index >= 15 is 0 Å². The molecule has 1 aliphatic rings. The summed E-state index contributed by atoms with van der Waals surface area (Å²) in [4.78, 5) is 35.4. The fraction of sp³-hybridized carbons (Fsp3) is 0.545. The summed E-state index contributed by atoms with van der Waals surface area (Å²) in [5.74, 6) is -1.52. The Balaban J connectivity index is 2.43. The maximum atomic E-state index is 11.6. The highest BCUT2D eigenvalue weighted by Crippen LogP contribution is 2.02. The van der Waals surface area contributed by atoms with Gasteiger partial charge in [-0.3, -0.25) is 19.8 Å². The molecule has 1 aliphatic heterocycles. The molecule has 0 aromatic heterocycles. The van der Waals surface area contributed by atoms with Crippen LogP contribution in [0.25, 0.3) is 0 Å². The molecule has 106 valence electrons. The molecule has 0 spiro atoms. The standard InChI is InChI=1S/C11H18N4O4/c1-2-3-13-11(19)14-9(16)7-15-5-4-12-6-8(15)10(17)18/h2,8,12H,1,3-7H2,(H,17,18)(H2,13,14,16,19). The van der Waals surface area contributed by atoms with Crippen molar-refractivity contribution in [3.63, 3.8) is 0 Å². The number of imide groups is 1. The van der Waals surface area contributed by atoms with E-state index in [1.807, 2.05) is 0 Å². The molecular formula is C11H18N4O4. The molecule has 1 unspecified atom stereocenters. The van der Waals surface area contributed by atoms with Crippen molar-refractivity contribution in [1.82, 2.24) is 20.9 Å². The van der Waals surface area contributed by atoms with Crippen LogP contribution in [0.1, 0.15) is 0 Å². The minimum Gasteiger partial charge on any atom is -0.480 e. The Morgan fingerprint density at radius 2 is 2.21 bits per heavy atom. The lowest BCUT2D eigenvalue weighted by molar-refractivity contribution is -0.144. The molecule has 0 saturated carbocycles. The molecule has 8 nitrogen and oxygen atoms in total. The predicted molar refractivity (Wildman–Crippen MR) is 67.6 cm³/mol. The van der Waals surface area contributed by atoms with Crippen LogP contribution >= 0.6 is 0 Å². The van der Waals surface area contributed by atoms with Gasteiger partial charge in [0.2, 0.25) is 5.91 Å². The van der Waals surface area contributed by atoms with Gasteiger partial charge in [-0.25, -0.2) is 4.79 Å². The van der Waals surface area contributed by atoms with Crippen LogP contribution in [0.3, 0.4) is 0 Å². The fourth-order valence-electron chi connectivity index (χ4n) is 1.74. The maximum absolute atomic E-state index is 11.6. The van der Waals surface area contributed by atoms with E-state index in [-0.39, 0.29) is 19.6 Å². The highest BCUT2D eigenvalue weighted by molar-refractivity contribution is 5.95. The maximum Gasteiger partial charge on any atom is 0.322 e. The van der Waals surface area contributed by atoms with E-state index in [2.05, 4.69) is 22.5 Å². The number of carbonyl (C=O) groups excluding carboxylic acids is 2. The molecular weight excluding hydrogens is 252 g/mol. The Bertz CT molecular complexity index is 372. The summed E-state index contributed by atoms with van der Waals surface area (Å²) in [5, 5.41) is 16.5. The van der Waals surface area contributed by atoms with E-state index in [4.69, 9.17) is 5.11 Å². The lowest BCUT2D eigenvalue weighted by Crippen LogP contribution is -2.57. The Morgan fingerprint density at radius 3 is 2.84 bits per heavy atom. The summed E-state index contributed by atoms with van der Waals surface area (Å²) in [6, 6.07) is -1.37. The lowest BCUT2D eigenvalue weighted by atomic mass is 10.2. The monoisotopic (exact) mass is 270 g/mol. The van der Waals surface area contributed by atoms with Crippen molar-refractivity contribution in [1.29, 1.82) is 0 Å². The van der Waals surface area contributed by atoms with E-state index in [0.717, 1.165) is 0 Å². The average Bonchev–Trinajstić information content (AvgIpc) is 2.36. The lowest BCUT2D eigenvalue weighted by Gasteiger charge is -2.32. The second-order valence-corrected chi connectivity index (χ2v) is 4.08. The molecule has 19 heavy (non-hydrogen) atoms. The molecule has 4 N–H and O–H groups in total. The van der Waals surface area contributed by atoms with Gasteiger partial charge in [0, 0.05) is 26.2 Å². The number of amides is 3. The highest BCUT2D eigenvalue weighted by atomic mass is 16.4. The van der Waals surface area contributed by atoms with Gasteiger partial charge >= 0.3 is 12.0 Å². The van der Waals surface area contributed by atoms with Crippen molar-refractivity contribution >= 4 is 17.9 Å². The number of hydrogen-bond acceptors (Lipinski definition) is 5. The topological polar surface area (TPSA) is 111 Å². The van der Waals surface area contributed by atoms with Crippen LogP contribution in [0.15, 0.2) is 12.7 Å². The second-order valence-electron chi connectivity index (χ2n) is 4.08. The number of urea groups is 1. The summed E-state index contributed by atoms with van der Waals surface area (Å²) >= 11 is 0. The van der Waals surface area contributed by atoms with Gasteiger partial charge in [-0.05, 0) is 0 Å². The van der Waals surface area contributed by atoms with Gasteiger partial charge in [0.1, 0.15) is 6.04 Å². The number of nitrogens with one attached hydrogen (secondary N) is 3. The number of carboxylic acids is 1. The zero-order valence-electron chi connectivity index (χ0n) is 10.5. The van der Waals surface area contributed by atoms with E-state index < -0.39 is 23.9 Å². The van der Waals surface area contributed by atoms with Crippen molar-refractivity contribution in [2.45, 2.75) is 6.04 Å². The SMILES string of the molecule is C=CCNC(=O)NC(=O)CN1CCNCC1C(=O)O. The van der Waals surface area contributed by atoms with Gasteiger partial charge in [-0.15, -0.1) is 6.58 Å². The van der Waals surface area contributed by atoms with Crippen LogP contribution < -0.4 is 16.0 Å². The Labute approximate surface area is 110 Å². The van der Waals surface area contributed by atoms with E-state index in [9.17, 15) is 14.4 Å². The Hall–Kier alpha value is -1.93. The van der Waals surface area contributed by atoms with Crippen LogP contribution in [0.4, 0.5) is 4.79 Å². The minimum absolute atomic E-state index is 0.125. The van der Waals surface area contributed by atoms with Crippen molar-refractivity contribution in [3.8, 4) is 0 Å². The zero-order valence-corrected chi connectivity index (χ0v) is 10.5. The van der Waals surface area contributed by atoms with Crippen molar-refractivity contribution in [2.24, 2.45) is 0 Å². The summed E-state index contributed by atoms with van der Waals surface area (Å²) in [6.45, 7) is 4.89. The molecule has 0 aromatic rings. The minimum atomic E-state index is -0.990. The molecule has 8 heteroatoms. The molecule has 0 aliphatic carbocycles. The van der Waals surface area contributed by atoms with Gasteiger partial charge in [0.15, 0.2) is 0 Å². The Kier molecular flexibility index (Phi) is 5.97. The van der Waals surface area contributed by atoms with Crippen LogP contribution in [0.2, 0.25) is 0 Å². The number of nitrogens with zero attached hydrogens (tertiary/aromatic N) is 1. The van der Waals surface area contributed by atoms with Crippen molar-refractivity contribution < 1.29 is 19.5 Å². The van der Waals surface area contributed by atoms with Gasteiger partial charge in [-0.2, -0.15) is 0 Å². The summed E-state index contributed by atoms with van der Waals surface area (Å²) in [6.07, 6.45) is 1.49. The largest absolute Gasteiger partial charge is 0.480 e. The number of carbonyl (C=O) groups is 3. The van der Waals surface area contributed by atoms with E-state index in [1.54, 1.807) is 0 Å². The predicted octanol–water partition coefficient (Wildman–Crippen LogP) is -1.64. The molecule has 1 saturated heterocycles. The first-order chi connectivity index (χ1) is 9.04. The zero-order chi connectivity index (χ0) is 14.3. The van der Waals surface area contributed by atoms with Crippen molar-refractivity contribution in [3.05, 3.63) is 12.7 Å². The number of rotatable bonds is 5. The third kappa shape index (κ3) is 5.06. The van der Waals surface area contributed by atoms with Gasteiger partial charge in [0.05, 0.1) is 6.54 Å². The number of hydrogen-bond donors (Lipinski definition) is 4. The number of carboxylic acid groups (broad SMARTS) is 1. The quantitative estimate of drug-likeness (QED) is 0.446. The molecule has 1 rings (SSSR count). The molecule has 3 amide bonds. The van der Waals surface area contributed by atoms with Gasteiger partial charge in [0.25, 0.3) is 0 Å². The third-order valence-corrected chi connectivity index (χ3v) is 2.65. The van der Waals surface area contributed by atoms with Crippen LogP contribution in [0.5, 0.6) is 0 Å². The normalized spacial score (nSPS) is 19.5. The molecule has 0 bridgehead atoms. The molecule has 1 atom stereocenters. The third-order valence-electron chi connectivity index (χ3n) is 2.65. The second kappa shape index (κ2) is 7.49. The van der Waals surface area contributed by atoms with E-state index in [0.29, 0.717) is 13.1 Å². The Morgan fingerprint density at radius 1 is 1.47 bits per heavy atom.